The number of nitrogens with zero attached hydrogens (tertiary/aromatic N) is 1. The maximum absolute atomic E-state index is 11.4. The first-order chi connectivity index (χ1) is 9.13. The third-order valence-corrected chi connectivity index (χ3v) is 3.80. The summed E-state index contributed by atoms with van der Waals surface area (Å²) < 4.78 is 5.24. The average Bonchev–Trinajstić information content (AvgIpc) is 2.43. The summed E-state index contributed by atoms with van der Waals surface area (Å²) in [4.78, 5) is 16.9. The molecule has 1 amide bonds. The summed E-state index contributed by atoms with van der Waals surface area (Å²) in [6.45, 7) is 1.95. The molecule has 1 aromatic carbocycles. The van der Waals surface area contributed by atoms with Crippen molar-refractivity contribution in [1.29, 1.82) is 0 Å². The smallest absolute Gasteiger partial charge is 0.230 e. The number of benzene rings is 1. The summed E-state index contributed by atoms with van der Waals surface area (Å²) in [5.41, 5.74) is 1.86. The number of carbonyl (C=O) groups excluding carboxylic acids is 1. The molecule has 1 aromatic heterocycles. The van der Waals surface area contributed by atoms with Crippen LogP contribution in [0.4, 0.5) is 0 Å². The number of methoxy groups -OCH3 is 1. The van der Waals surface area contributed by atoms with Crippen LogP contribution in [-0.4, -0.2) is 30.8 Å². The monoisotopic (exact) mass is 276 g/mol. The second-order valence-electron chi connectivity index (χ2n) is 4.11. The van der Waals surface area contributed by atoms with Crippen LogP contribution in [0.3, 0.4) is 0 Å². The number of hydrogen-bond donors (Lipinski definition) is 1. The Morgan fingerprint density at radius 3 is 2.89 bits per heavy atom. The highest BCUT2D eigenvalue weighted by atomic mass is 32.2. The average molecular weight is 276 g/mol. The predicted octanol–water partition coefficient (Wildman–Crippen LogP) is 2.39. The number of hydrogen-bond acceptors (Lipinski definition) is 4. The predicted molar refractivity (Wildman–Crippen MR) is 77.8 cm³/mol. The van der Waals surface area contributed by atoms with E-state index < -0.39 is 0 Å². The van der Waals surface area contributed by atoms with E-state index >= 15 is 0 Å². The number of aryl methyl sites for hydroxylation is 1. The Labute approximate surface area is 116 Å². The maximum atomic E-state index is 11.4. The fourth-order valence-corrected chi connectivity index (χ4v) is 2.77. The molecule has 2 rings (SSSR count). The minimum Gasteiger partial charge on any atom is -0.497 e. The van der Waals surface area contributed by atoms with E-state index in [-0.39, 0.29) is 5.91 Å². The van der Waals surface area contributed by atoms with Gasteiger partial charge in [-0.25, -0.2) is 0 Å². The number of nitrogens with one attached hydrogen (secondary N) is 1. The molecule has 0 aliphatic carbocycles. The number of thioether (sulfide) groups is 1. The fourth-order valence-electron chi connectivity index (χ4n) is 1.76. The van der Waals surface area contributed by atoms with Crippen LogP contribution in [0.1, 0.15) is 5.69 Å². The Balaban J connectivity index is 2.42. The molecule has 0 radical (unpaired) electrons. The van der Waals surface area contributed by atoms with E-state index in [1.54, 1.807) is 14.2 Å². The number of pyridine rings is 1. The molecule has 5 heteroatoms. The van der Waals surface area contributed by atoms with Gasteiger partial charge in [-0.15, -0.1) is 11.8 Å². The van der Waals surface area contributed by atoms with Crippen LogP contribution >= 0.6 is 11.8 Å². The topological polar surface area (TPSA) is 51.2 Å². The molecule has 0 fully saturated rings. The highest BCUT2D eigenvalue weighted by molar-refractivity contribution is 8.00. The lowest BCUT2D eigenvalue weighted by molar-refractivity contribution is -0.118. The molecule has 2 aromatic rings. The molecule has 0 saturated heterocycles. The van der Waals surface area contributed by atoms with E-state index in [1.807, 2.05) is 31.2 Å². The lowest BCUT2D eigenvalue weighted by Crippen LogP contribution is -2.19. The Morgan fingerprint density at radius 1 is 1.42 bits per heavy atom. The van der Waals surface area contributed by atoms with Crippen molar-refractivity contribution in [3.8, 4) is 5.75 Å². The van der Waals surface area contributed by atoms with Crippen LogP contribution in [0.5, 0.6) is 5.75 Å². The molecular formula is C14H16N2O2S. The van der Waals surface area contributed by atoms with Crippen LogP contribution in [0.2, 0.25) is 0 Å². The first-order valence-electron chi connectivity index (χ1n) is 5.93. The highest BCUT2D eigenvalue weighted by Crippen LogP contribution is 2.30. The number of ether oxygens (including phenoxy) is 1. The van der Waals surface area contributed by atoms with Crippen molar-refractivity contribution in [3.63, 3.8) is 0 Å². The molecule has 0 atom stereocenters. The lowest BCUT2D eigenvalue weighted by atomic mass is 10.2. The van der Waals surface area contributed by atoms with E-state index in [1.165, 1.54) is 11.8 Å². The third kappa shape index (κ3) is 3.17. The Morgan fingerprint density at radius 2 is 2.21 bits per heavy atom. The molecule has 1 N–H and O–H groups in total. The molecule has 0 saturated carbocycles. The zero-order chi connectivity index (χ0) is 13.8. The standard InChI is InChI=1S/C14H16N2O2S/c1-9-6-13(19-8-14(17)15-2)11-7-10(18-3)4-5-12(11)16-9/h4-7H,8H2,1-3H3,(H,15,17). The van der Waals surface area contributed by atoms with Crippen molar-refractivity contribution >= 4 is 28.6 Å². The lowest BCUT2D eigenvalue weighted by Gasteiger charge is -2.09. The van der Waals surface area contributed by atoms with Crippen LogP contribution in [0, 0.1) is 6.92 Å². The minimum absolute atomic E-state index is 0.00973. The van der Waals surface area contributed by atoms with Gasteiger partial charge < -0.3 is 10.1 Å². The zero-order valence-electron chi connectivity index (χ0n) is 11.2. The normalized spacial score (nSPS) is 10.5. The summed E-state index contributed by atoms with van der Waals surface area (Å²) >= 11 is 1.51. The zero-order valence-corrected chi connectivity index (χ0v) is 12.0. The van der Waals surface area contributed by atoms with Gasteiger partial charge in [0.1, 0.15) is 5.75 Å². The number of rotatable bonds is 4. The molecule has 100 valence electrons. The Bertz CT molecular complexity index is 614. The number of carbonyl (C=O) groups is 1. The van der Waals surface area contributed by atoms with Gasteiger partial charge in [0.05, 0.1) is 18.4 Å². The largest absolute Gasteiger partial charge is 0.497 e. The van der Waals surface area contributed by atoms with Crippen molar-refractivity contribution in [2.24, 2.45) is 0 Å². The second kappa shape index (κ2) is 5.93. The molecule has 0 spiro atoms. The summed E-state index contributed by atoms with van der Waals surface area (Å²) in [6, 6.07) is 7.77. The van der Waals surface area contributed by atoms with Crippen molar-refractivity contribution in [2.75, 3.05) is 19.9 Å². The summed E-state index contributed by atoms with van der Waals surface area (Å²) in [6.07, 6.45) is 0. The van der Waals surface area contributed by atoms with Gasteiger partial charge in [-0.1, -0.05) is 0 Å². The minimum atomic E-state index is 0.00973. The molecule has 0 unspecified atom stereocenters. The summed E-state index contributed by atoms with van der Waals surface area (Å²) in [7, 11) is 3.28. The van der Waals surface area contributed by atoms with E-state index in [0.29, 0.717) is 5.75 Å². The van der Waals surface area contributed by atoms with Crippen LogP contribution in [0.25, 0.3) is 10.9 Å². The van der Waals surface area contributed by atoms with Crippen LogP contribution < -0.4 is 10.1 Å². The molecule has 1 heterocycles. The fraction of sp³-hybridized carbons (Fsp3) is 0.286. The highest BCUT2D eigenvalue weighted by Gasteiger charge is 2.08. The second-order valence-corrected chi connectivity index (χ2v) is 5.12. The quantitative estimate of drug-likeness (QED) is 0.871. The van der Waals surface area contributed by atoms with Crippen molar-refractivity contribution in [2.45, 2.75) is 11.8 Å². The van der Waals surface area contributed by atoms with Gasteiger partial charge in [-0.05, 0) is 31.2 Å². The van der Waals surface area contributed by atoms with E-state index in [2.05, 4.69) is 10.3 Å². The van der Waals surface area contributed by atoms with Gasteiger partial charge >= 0.3 is 0 Å². The third-order valence-electron chi connectivity index (χ3n) is 2.74. The SMILES string of the molecule is CNC(=O)CSc1cc(C)nc2ccc(OC)cc12. The molecular weight excluding hydrogens is 260 g/mol. The van der Waals surface area contributed by atoms with Crippen LogP contribution in [0.15, 0.2) is 29.2 Å². The molecule has 19 heavy (non-hydrogen) atoms. The molecule has 0 aliphatic heterocycles. The van der Waals surface area contributed by atoms with Gasteiger partial charge in [0.25, 0.3) is 0 Å². The molecule has 0 aliphatic rings. The van der Waals surface area contributed by atoms with Gasteiger partial charge in [0, 0.05) is 23.0 Å². The first kappa shape index (κ1) is 13.7. The summed E-state index contributed by atoms with van der Waals surface area (Å²) in [5.74, 6) is 1.20. The van der Waals surface area contributed by atoms with Crippen molar-refractivity contribution in [1.82, 2.24) is 10.3 Å². The number of amides is 1. The molecule has 4 nitrogen and oxygen atoms in total. The van der Waals surface area contributed by atoms with Gasteiger partial charge in [0.15, 0.2) is 0 Å². The van der Waals surface area contributed by atoms with E-state index in [9.17, 15) is 4.79 Å². The van der Waals surface area contributed by atoms with E-state index in [0.717, 1.165) is 27.2 Å². The first-order valence-corrected chi connectivity index (χ1v) is 6.91. The van der Waals surface area contributed by atoms with E-state index in [4.69, 9.17) is 4.74 Å². The Hall–Kier alpha value is -1.75. The summed E-state index contributed by atoms with van der Waals surface area (Å²) in [5, 5.41) is 3.63. The molecule has 0 bridgehead atoms. The van der Waals surface area contributed by atoms with Crippen molar-refractivity contribution < 1.29 is 9.53 Å². The number of fused-ring (bicyclic) bond motifs is 1. The van der Waals surface area contributed by atoms with Gasteiger partial charge in [-0.3, -0.25) is 9.78 Å². The Kier molecular flexibility index (Phi) is 4.27. The number of aromatic nitrogens is 1. The van der Waals surface area contributed by atoms with Crippen molar-refractivity contribution in [3.05, 3.63) is 30.0 Å². The maximum Gasteiger partial charge on any atom is 0.230 e. The van der Waals surface area contributed by atoms with Crippen LogP contribution in [-0.2, 0) is 4.79 Å². The van der Waals surface area contributed by atoms with Gasteiger partial charge in [-0.2, -0.15) is 0 Å². The van der Waals surface area contributed by atoms with Gasteiger partial charge in [0.2, 0.25) is 5.91 Å².